The van der Waals surface area contributed by atoms with Crippen molar-refractivity contribution < 1.29 is 14.6 Å². The molecule has 0 unspecified atom stereocenters. The molecule has 3 nitrogen and oxygen atoms in total. The number of methoxy groups -OCH3 is 2. The van der Waals surface area contributed by atoms with Gasteiger partial charge in [0.05, 0.1) is 13.7 Å². The van der Waals surface area contributed by atoms with Crippen LogP contribution in [0.1, 0.15) is 6.92 Å². The van der Waals surface area contributed by atoms with Gasteiger partial charge >= 0.3 is 0 Å². The van der Waals surface area contributed by atoms with Crippen LogP contribution in [0.4, 0.5) is 0 Å². The lowest BCUT2D eigenvalue weighted by atomic mass is 10.2. The van der Waals surface area contributed by atoms with Crippen molar-refractivity contribution in [1.29, 1.82) is 0 Å². The zero-order chi connectivity index (χ0) is 10.3. The van der Waals surface area contributed by atoms with Crippen LogP contribution in [0.15, 0.2) is 35.8 Å². The summed E-state index contributed by atoms with van der Waals surface area (Å²) in [4.78, 5) is 0. The van der Waals surface area contributed by atoms with Crippen molar-refractivity contribution in [2.45, 2.75) is 6.92 Å². The Morgan fingerprint density at radius 3 is 2.54 bits per heavy atom. The quantitative estimate of drug-likeness (QED) is 0.525. The van der Waals surface area contributed by atoms with Gasteiger partial charge in [0.1, 0.15) is 0 Å². The number of hydrogen-bond acceptors (Lipinski definition) is 3. The number of ether oxygens (including phenoxy) is 2. The van der Waals surface area contributed by atoms with E-state index in [0.29, 0.717) is 6.61 Å². The Hall–Kier alpha value is -1.22. The minimum absolute atomic E-state index is 0.0346. The van der Waals surface area contributed by atoms with Crippen LogP contribution in [-0.4, -0.2) is 25.9 Å². The number of rotatable bonds is 5. The van der Waals surface area contributed by atoms with Crippen LogP contribution in [0.3, 0.4) is 0 Å². The topological polar surface area (TPSA) is 38.7 Å². The van der Waals surface area contributed by atoms with Crippen LogP contribution in [0, 0.1) is 0 Å². The standard InChI is InChI=1S/C10H16O3/c1-8(5-6-12-3)7-10(11)9(2)13-4/h5,7,11H,2,6H2,1,3-4H3/b8-5-,10-7+. The van der Waals surface area contributed by atoms with Gasteiger partial charge in [-0.3, -0.25) is 0 Å². The fourth-order valence-electron chi connectivity index (χ4n) is 0.674. The summed E-state index contributed by atoms with van der Waals surface area (Å²) in [5, 5.41) is 9.34. The molecule has 0 saturated carbocycles. The van der Waals surface area contributed by atoms with Gasteiger partial charge in [0.25, 0.3) is 0 Å². The van der Waals surface area contributed by atoms with Crippen molar-refractivity contribution in [3.05, 3.63) is 35.8 Å². The highest BCUT2D eigenvalue weighted by molar-refractivity contribution is 5.26. The second kappa shape index (κ2) is 6.31. The molecule has 0 amide bonds. The molecule has 0 aliphatic heterocycles. The monoisotopic (exact) mass is 184 g/mol. The molecule has 0 aromatic rings. The molecule has 13 heavy (non-hydrogen) atoms. The van der Waals surface area contributed by atoms with E-state index in [2.05, 4.69) is 6.58 Å². The average molecular weight is 184 g/mol. The van der Waals surface area contributed by atoms with Crippen molar-refractivity contribution in [2.75, 3.05) is 20.8 Å². The maximum atomic E-state index is 9.34. The Labute approximate surface area is 79.0 Å². The molecular weight excluding hydrogens is 168 g/mol. The third kappa shape index (κ3) is 5.09. The van der Waals surface area contributed by atoms with Crippen molar-refractivity contribution in [3.63, 3.8) is 0 Å². The highest BCUT2D eigenvalue weighted by atomic mass is 16.5. The maximum absolute atomic E-state index is 9.34. The van der Waals surface area contributed by atoms with Gasteiger partial charge in [-0.25, -0.2) is 0 Å². The van der Waals surface area contributed by atoms with E-state index in [1.54, 1.807) is 13.2 Å². The summed E-state index contributed by atoms with van der Waals surface area (Å²) in [6.07, 6.45) is 3.42. The van der Waals surface area contributed by atoms with E-state index in [1.807, 2.05) is 13.0 Å². The smallest absolute Gasteiger partial charge is 0.157 e. The summed E-state index contributed by atoms with van der Waals surface area (Å²) >= 11 is 0. The lowest BCUT2D eigenvalue weighted by Crippen LogP contribution is -1.90. The Morgan fingerprint density at radius 2 is 2.08 bits per heavy atom. The predicted molar refractivity (Wildman–Crippen MR) is 52.5 cm³/mol. The molecule has 0 rings (SSSR count). The molecule has 0 aliphatic carbocycles. The number of allylic oxidation sites excluding steroid dienone is 2. The molecule has 0 aromatic heterocycles. The van der Waals surface area contributed by atoms with E-state index >= 15 is 0 Å². The first-order chi connectivity index (χ1) is 6.11. The van der Waals surface area contributed by atoms with Crippen molar-refractivity contribution in [3.8, 4) is 0 Å². The molecule has 0 heterocycles. The Balaban J connectivity index is 4.29. The third-order valence-electron chi connectivity index (χ3n) is 1.47. The Kier molecular flexibility index (Phi) is 5.72. The first kappa shape index (κ1) is 11.8. The first-order valence-corrected chi connectivity index (χ1v) is 3.91. The van der Waals surface area contributed by atoms with Gasteiger partial charge in [0.2, 0.25) is 0 Å². The van der Waals surface area contributed by atoms with Gasteiger partial charge in [0, 0.05) is 7.11 Å². The number of aliphatic hydroxyl groups excluding tert-OH is 1. The van der Waals surface area contributed by atoms with Crippen LogP contribution >= 0.6 is 0 Å². The normalized spacial score (nSPS) is 12.8. The predicted octanol–water partition coefficient (Wildman–Crippen LogP) is 2.18. The molecule has 0 atom stereocenters. The van der Waals surface area contributed by atoms with E-state index in [0.717, 1.165) is 5.57 Å². The van der Waals surface area contributed by atoms with Crippen LogP contribution < -0.4 is 0 Å². The van der Waals surface area contributed by atoms with E-state index in [9.17, 15) is 5.11 Å². The minimum atomic E-state index is 0.0346. The third-order valence-corrected chi connectivity index (χ3v) is 1.47. The molecule has 3 heteroatoms. The largest absolute Gasteiger partial charge is 0.504 e. The zero-order valence-electron chi connectivity index (χ0n) is 8.33. The van der Waals surface area contributed by atoms with Crippen LogP contribution in [0.5, 0.6) is 0 Å². The highest BCUT2D eigenvalue weighted by Gasteiger charge is 1.97. The van der Waals surface area contributed by atoms with Gasteiger partial charge in [-0.05, 0) is 18.6 Å². The van der Waals surface area contributed by atoms with Gasteiger partial charge < -0.3 is 14.6 Å². The van der Waals surface area contributed by atoms with Gasteiger partial charge in [-0.15, -0.1) is 0 Å². The summed E-state index contributed by atoms with van der Waals surface area (Å²) < 4.78 is 9.59. The molecular formula is C10H16O3. The van der Waals surface area contributed by atoms with E-state index in [1.165, 1.54) is 7.11 Å². The summed E-state index contributed by atoms with van der Waals surface area (Å²) in [6, 6.07) is 0. The van der Waals surface area contributed by atoms with Crippen LogP contribution in [0.25, 0.3) is 0 Å². The molecule has 0 spiro atoms. The summed E-state index contributed by atoms with van der Waals surface area (Å²) in [6.45, 7) is 5.89. The molecule has 0 bridgehead atoms. The fourth-order valence-corrected chi connectivity index (χ4v) is 0.674. The van der Waals surface area contributed by atoms with Crippen molar-refractivity contribution >= 4 is 0 Å². The SMILES string of the molecule is C=C(OC)/C(O)=C\C(C)=C/COC. The summed E-state index contributed by atoms with van der Waals surface area (Å²) in [5.74, 6) is 0.289. The van der Waals surface area contributed by atoms with E-state index in [4.69, 9.17) is 9.47 Å². The molecule has 0 fully saturated rings. The molecule has 0 saturated heterocycles. The molecule has 0 aliphatic rings. The van der Waals surface area contributed by atoms with Crippen LogP contribution in [0.2, 0.25) is 0 Å². The lowest BCUT2D eigenvalue weighted by Gasteiger charge is -2.02. The zero-order valence-corrected chi connectivity index (χ0v) is 8.33. The van der Waals surface area contributed by atoms with Crippen molar-refractivity contribution in [2.24, 2.45) is 0 Å². The van der Waals surface area contributed by atoms with E-state index < -0.39 is 0 Å². The Morgan fingerprint density at radius 1 is 1.46 bits per heavy atom. The van der Waals surface area contributed by atoms with Crippen molar-refractivity contribution in [1.82, 2.24) is 0 Å². The van der Waals surface area contributed by atoms with Crippen LogP contribution in [-0.2, 0) is 9.47 Å². The summed E-state index contributed by atoms with van der Waals surface area (Å²) in [5.41, 5.74) is 0.901. The second-order valence-corrected chi connectivity index (χ2v) is 2.56. The average Bonchev–Trinajstić information content (AvgIpc) is 2.13. The Bertz CT molecular complexity index is 226. The highest BCUT2D eigenvalue weighted by Crippen LogP contribution is 2.07. The van der Waals surface area contributed by atoms with Gasteiger partial charge in [-0.1, -0.05) is 12.7 Å². The fraction of sp³-hybridized carbons (Fsp3) is 0.400. The van der Waals surface area contributed by atoms with E-state index in [-0.39, 0.29) is 11.5 Å². The second-order valence-electron chi connectivity index (χ2n) is 2.56. The molecule has 0 radical (unpaired) electrons. The molecule has 1 N–H and O–H groups in total. The summed E-state index contributed by atoms with van der Waals surface area (Å²) in [7, 11) is 3.07. The first-order valence-electron chi connectivity index (χ1n) is 3.91. The van der Waals surface area contributed by atoms with Gasteiger partial charge in [-0.2, -0.15) is 0 Å². The number of aliphatic hydroxyl groups is 1. The number of hydrogen-bond donors (Lipinski definition) is 1. The molecule has 74 valence electrons. The molecule has 0 aromatic carbocycles. The maximum Gasteiger partial charge on any atom is 0.157 e. The van der Waals surface area contributed by atoms with Gasteiger partial charge in [0.15, 0.2) is 11.5 Å². The lowest BCUT2D eigenvalue weighted by molar-refractivity contribution is 0.233. The minimum Gasteiger partial charge on any atom is -0.504 e.